The second-order valence-corrected chi connectivity index (χ2v) is 7.56. The van der Waals surface area contributed by atoms with Gasteiger partial charge in [-0.25, -0.2) is 0 Å². The zero-order chi connectivity index (χ0) is 22.0. The van der Waals surface area contributed by atoms with Gasteiger partial charge in [-0.1, -0.05) is 24.3 Å². The topological polar surface area (TPSA) is 92.8 Å². The van der Waals surface area contributed by atoms with Crippen molar-refractivity contribution in [3.05, 3.63) is 88.4 Å². The van der Waals surface area contributed by atoms with E-state index in [0.29, 0.717) is 23.4 Å². The number of hydrogen-bond acceptors (Lipinski definition) is 4. The maximum atomic E-state index is 13.0. The van der Waals surface area contributed by atoms with Crippen LogP contribution in [0.5, 0.6) is 0 Å². The summed E-state index contributed by atoms with van der Waals surface area (Å²) >= 11 is 0. The summed E-state index contributed by atoms with van der Waals surface area (Å²) in [6, 6.07) is 13.2. The standard InChI is InChI=1S/C24H23N5O2/c1-28-14-19(13-27-28)8-16-6-7-22-20(10-16)21(11-25)23(29(22)2)24(31)26-12-17-4-3-5-18(9-17)15-30/h3-7,9-11,13-15,25H,8,12H2,1-2H3,(H,26,31). The molecule has 2 aromatic heterocycles. The largest absolute Gasteiger partial charge is 0.347 e. The minimum Gasteiger partial charge on any atom is -0.347 e. The van der Waals surface area contributed by atoms with Gasteiger partial charge in [0.05, 0.1) is 6.20 Å². The molecule has 0 aliphatic carbocycles. The van der Waals surface area contributed by atoms with E-state index in [1.54, 1.807) is 22.9 Å². The Hall–Kier alpha value is -4.00. The maximum Gasteiger partial charge on any atom is 0.268 e. The number of benzene rings is 2. The summed E-state index contributed by atoms with van der Waals surface area (Å²) in [5, 5.41) is 15.9. The number of aldehydes is 1. The van der Waals surface area contributed by atoms with Gasteiger partial charge in [0, 0.05) is 61.5 Å². The lowest BCUT2D eigenvalue weighted by atomic mass is 10.0. The van der Waals surface area contributed by atoms with Crippen molar-refractivity contribution in [1.82, 2.24) is 19.7 Å². The van der Waals surface area contributed by atoms with E-state index in [-0.39, 0.29) is 5.91 Å². The molecule has 0 fully saturated rings. The first-order valence-corrected chi connectivity index (χ1v) is 9.91. The monoisotopic (exact) mass is 413 g/mol. The second-order valence-electron chi connectivity index (χ2n) is 7.56. The van der Waals surface area contributed by atoms with Crippen LogP contribution in [-0.2, 0) is 27.1 Å². The number of hydrogen-bond donors (Lipinski definition) is 2. The molecular formula is C24H23N5O2. The summed E-state index contributed by atoms with van der Waals surface area (Å²) in [4.78, 5) is 24.0. The highest BCUT2D eigenvalue weighted by Gasteiger charge is 2.20. The van der Waals surface area contributed by atoms with E-state index in [0.717, 1.165) is 40.3 Å². The molecule has 0 spiro atoms. The molecule has 7 nitrogen and oxygen atoms in total. The van der Waals surface area contributed by atoms with Gasteiger partial charge < -0.3 is 15.3 Å². The van der Waals surface area contributed by atoms with E-state index in [1.807, 2.05) is 55.3 Å². The highest BCUT2D eigenvalue weighted by Crippen LogP contribution is 2.26. The Kier molecular flexibility index (Phi) is 5.49. The van der Waals surface area contributed by atoms with E-state index in [2.05, 4.69) is 10.4 Å². The number of amides is 1. The zero-order valence-corrected chi connectivity index (χ0v) is 17.4. The van der Waals surface area contributed by atoms with Gasteiger partial charge in [-0.15, -0.1) is 0 Å². The molecule has 0 saturated heterocycles. The van der Waals surface area contributed by atoms with E-state index in [4.69, 9.17) is 5.41 Å². The van der Waals surface area contributed by atoms with Gasteiger partial charge in [-0.3, -0.25) is 14.3 Å². The summed E-state index contributed by atoms with van der Waals surface area (Å²) in [7, 11) is 3.72. The van der Waals surface area contributed by atoms with Crippen LogP contribution in [0.3, 0.4) is 0 Å². The third-order valence-electron chi connectivity index (χ3n) is 5.37. The fourth-order valence-electron chi connectivity index (χ4n) is 3.89. The second kappa shape index (κ2) is 8.39. The SMILES string of the molecule is Cn1cc(Cc2ccc3c(c2)c(C=N)c(C(=O)NCc2cccc(C=O)c2)n3C)cn1. The van der Waals surface area contributed by atoms with Gasteiger partial charge in [-0.05, 0) is 34.9 Å². The van der Waals surface area contributed by atoms with Crippen LogP contribution in [0.25, 0.3) is 10.9 Å². The van der Waals surface area contributed by atoms with Crippen LogP contribution in [0.15, 0.2) is 54.9 Å². The van der Waals surface area contributed by atoms with Crippen molar-refractivity contribution in [1.29, 1.82) is 5.41 Å². The highest BCUT2D eigenvalue weighted by molar-refractivity contribution is 6.10. The lowest BCUT2D eigenvalue weighted by Gasteiger charge is -2.08. The minimum atomic E-state index is -0.262. The van der Waals surface area contributed by atoms with E-state index >= 15 is 0 Å². The first-order chi connectivity index (χ1) is 15.0. The molecule has 2 heterocycles. The van der Waals surface area contributed by atoms with Crippen molar-refractivity contribution in [2.24, 2.45) is 14.1 Å². The number of carbonyl (C=O) groups is 2. The molecule has 4 rings (SSSR count). The van der Waals surface area contributed by atoms with Gasteiger partial charge in [0.25, 0.3) is 5.91 Å². The number of aryl methyl sites for hydroxylation is 2. The Balaban J connectivity index is 1.63. The lowest BCUT2D eigenvalue weighted by molar-refractivity contribution is 0.0943. The third-order valence-corrected chi connectivity index (χ3v) is 5.37. The fraction of sp³-hybridized carbons (Fsp3) is 0.167. The van der Waals surface area contributed by atoms with Gasteiger partial charge in [0.2, 0.25) is 0 Å². The Morgan fingerprint density at radius 2 is 1.97 bits per heavy atom. The molecule has 4 aromatic rings. The van der Waals surface area contributed by atoms with Crippen molar-refractivity contribution in [3.63, 3.8) is 0 Å². The Labute approximate surface area is 179 Å². The number of nitrogens with zero attached hydrogens (tertiary/aromatic N) is 3. The summed E-state index contributed by atoms with van der Waals surface area (Å²) < 4.78 is 3.59. The van der Waals surface area contributed by atoms with Crippen LogP contribution in [-0.4, -0.2) is 32.8 Å². The molecule has 156 valence electrons. The van der Waals surface area contributed by atoms with Gasteiger partial charge in [0.1, 0.15) is 12.0 Å². The Morgan fingerprint density at radius 1 is 1.13 bits per heavy atom. The predicted octanol–water partition coefficient (Wildman–Crippen LogP) is 3.24. The average molecular weight is 413 g/mol. The molecular weight excluding hydrogens is 390 g/mol. The van der Waals surface area contributed by atoms with Crippen LogP contribution in [0.4, 0.5) is 0 Å². The molecule has 0 aliphatic heterocycles. The highest BCUT2D eigenvalue weighted by atomic mass is 16.2. The third kappa shape index (κ3) is 4.02. The van der Waals surface area contributed by atoms with Crippen LogP contribution in [0.2, 0.25) is 0 Å². The molecule has 2 N–H and O–H groups in total. The molecule has 0 aliphatic rings. The zero-order valence-electron chi connectivity index (χ0n) is 17.4. The number of carbonyl (C=O) groups excluding carboxylic acids is 2. The van der Waals surface area contributed by atoms with Gasteiger partial charge >= 0.3 is 0 Å². The fourth-order valence-corrected chi connectivity index (χ4v) is 3.89. The summed E-state index contributed by atoms with van der Waals surface area (Å²) in [5.41, 5.74) is 5.52. The molecule has 2 aromatic carbocycles. The number of fused-ring (bicyclic) bond motifs is 1. The molecule has 0 radical (unpaired) electrons. The quantitative estimate of drug-likeness (QED) is 0.360. The van der Waals surface area contributed by atoms with E-state index in [9.17, 15) is 9.59 Å². The molecule has 0 saturated carbocycles. The van der Waals surface area contributed by atoms with Crippen LogP contribution >= 0.6 is 0 Å². The van der Waals surface area contributed by atoms with Crippen molar-refractivity contribution in [3.8, 4) is 0 Å². The maximum absolute atomic E-state index is 13.0. The van der Waals surface area contributed by atoms with Gasteiger partial charge in [0.15, 0.2) is 0 Å². The van der Waals surface area contributed by atoms with Crippen LogP contribution in [0, 0.1) is 5.41 Å². The van der Waals surface area contributed by atoms with E-state index < -0.39 is 0 Å². The predicted molar refractivity (Wildman–Crippen MR) is 120 cm³/mol. The molecule has 0 bridgehead atoms. The molecule has 0 unspecified atom stereocenters. The lowest BCUT2D eigenvalue weighted by Crippen LogP contribution is -2.26. The summed E-state index contributed by atoms with van der Waals surface area (Å²) in [5.74, 6) is -0.262. The van der Waals surface area contributed by atoms with E-state index in [1.165, 1.54) is 6.21 Å². The summed E-state index contributed by atoms with van der Waals surface area (Å²) in [6.45, 7) is 0.297. The summed E-state index contributed by atoms with van der Waals surface area (Å²) in [6.07, 6.45) is 6.56. The minimum absolute atomic E-state index is 0.262. The first-order valence-electron chi connectivity index (χ1n) is 9.91. The van der Waals surface area contributed by atoms with Crippen molar-refractivity contribution in [2.75, 3.05) is 0 Å². The number of rotatable bonds is 7. The smallest absolute Gasteiger partial charge is 0.268 e. The van der Waals surface area contributed by atoms with Crippen molar-refractivity contribution in [2.45, 2.75) is 13.0 Å². The normalized spacial score (nSPS) is 10.9. The molecule has 31 heavy (non-hydrogen) atoms. The van der Waals surface area contributed by atoms with Crippen LogP contribution in [0.1, 0.15) is 43.1 Å². The van der Waals surface area contributed by atoms with Gasteiger partial charge in [-0.2, -0.15) is 5.10 Å². The number of aromatic nitrogens is 3. The Bertz CT molecular complexity index is 1300. The van der Waals surface area contributed by atoms with Crippen LogP contribution < -0.4 is 5.32 Å². The van der Waals surface area contributed by atoms with Crippen molar-refractivity contribution >= 4 is 29.3 Å². The molecule has 0 atom stereocenters. The molecule has 7 heteroatoms. The first kappa shape index (κ1) is 20.3. The average Bonchev–Trinajstić information content (AvgIpc) is 3.31. The van der Waals surface area contributed by atoms with Crippen molar-refractivity contribution < 1.29 is 9.59 Å². The Morgan fingerprint density at radius 3 is 2.68 bits per heavy atom. The molecule has 1 amide bonds. The number of nitrogens with one attached hydrogen (secondary N) is 2.